The average molecular weight is 298 g/mol. The van der Waals surface area contributed by atoms with Gasteiger partial charge >= 0.3 is 0 Å². The van der Waals surface area contributed by atoms with Crippen LogP contribution in [0.25, 0.3) is 11.5 Å². The summed E-state index contributed by atoms with van der Waals surface area (Å²) in [4.78, 5) is 16.3. The van der Waals surface area contributed by atoms with E-state index in [9.17, 15) is 4.79 Å². The van der Waals surface area contributed by atoms with E-state index < -0.39 is 0 Å². The SMILES string of the molecule is COc1cccc(NC(=O)c2ncoc2-c2ccc(C)o2)c1. The average Bonchev–Trinajstić information content (AvgIpc) is 3.15. The zero-order valence-corrected chi connectivity index (χ0v) is 12.1. The second-order valence-electron chi connectivity index (χ2n) is 4.63. The van der Waals surface area contributed by atoms with Crippen molar-refractivity contribution in [3.05, 3.63) is 54.2 Å². The lowest BCUT2D eigenvalue weighted by molar-refractivity contribution is 0.102. The van der Waals surface area contributed by atoms with E-state index in [1.807, 2.05) is 6.92 Å². The maximum absolute atomic E-state index is 12.4. The van der Waals surface area contributed by atoms with Crippen LogP contribution in [0.15, 0.2) is 51.6 Å². The number of aromatic nitrogens is 1. The fourth-order valence-electron chi connectivity index (χ4n) is 2.03. The number of furan rings is 1. The minimum atomic E-state index is -0.383. The van der Waals surface area contributed by atoms with Crippen molar-refractivity contribution in [3.63, 3.8) is 0 Å². The Labute approximate surface area is 126 Å². The first kappa shape index (κ1) is 13.9. The Morgan fingerprint density at radius 3 is 2.86 bits per heavy atom. The number of benzene rings is 1. The summed E-state index contributed by atoms with van der Waals surface area (Å²) in [5.41, 5.74) is 0.770. The molecule has 1 amide bonds. The van der Waals surface area contributed by atoms with Crippen LogP contribution in [0.2, 0.25) is 0 Å². The van der Waals surface area contributed by atoms with Crippen molar-refractivity contribution >= 4 is 11.6 Å². The molecule has 112 valence electrons. The van der Waals surface area contributed by atoms with Gasteiger partial charge in [-0.25, -0.2) is 4.98 Å². The van der Waals surface area contributed by atoms with E-state index in [2.05, 4.69) is 10.3 Å². The summed E-state index contributed by atoms with van der Waals surface area (Å²) in [6.07, 6.45) is 1.22. The monoisotopic (exact) mass is 298 g/mol. The number of aryl methyl sites for hydroxylation is 1. The number of carbonyl (C=O) groups excluding carboxylic acids is 1. The third kappa shape index (κ3) is 2.71. The summed E-state index contributed by atoms with van der Waals surface area (Å²) >= 11 is 0. The van der Waals surface area contributed by atoms with Crippen LogP contribution in [0.4, 0.5) is 5.69 Å². The Morgan fingerprint density at radius 2 is 2.14 bits per heavy atom. The van der Waals surface area contributed by atoms with E-state index >= 15 is 0 Å². The minimum absolute atomic E-state index is 0.164. The number of nitrogens with zero attached hydrogens (tertiary/aromatic N) is 1. The van der Waals surface area contributed by atoms with Crippen molar-refractivity contribution in [3.8, 4) is 17.3 Å². The van der Waals surface area contributed by atoms with Gasteiger partial charge in [0.2, 0.25) is 5.76 Å². The molecule has 2 aromatic heterocycles. The minimum Gasteiger partial charge on any atom is -0.497 e. The van der Waals surface area contributed by atoms with Gasteiger partial charge in [0.1, 0.15) is 11.5 Å². The number of hydrogen-bond acceptors (Lipinski definition) is 5. The molecule has 22 heavy (non-hydrogen) atoms. The predicted molar refractivity (Wildman–Crippen MR) is 79.9 cm³/mol. The van der Waals surface area contributed by atoms with Gasteiger partial charge in [-0.1, -0.05) is 6.07 Å². The molecule has 0 saturated carbocycles. The first-order valence-corrected chi connectivity index (χ1v) is 6.63. The first-order valence-electron chi connectivity index (χ1n) is 6.63. The van der Waals surface area contributed by atoms with Gasteiger partial charge in [-0.3, -0.25) is 4.79 Å². The Kier molecular flexibility index (Phi) is 3.65. The number of anilines is 1. The fourth-order valence-corrected chi connectivity index (χ4v) is 2.03. The summed E-state index contributed by atoms with van der Waals surface area (Å²) in [5, 5.41) is 2.75. The maximum atomic E-state index is 12.4. The number of hydrogen-bond donors (Lipinski definition) is 1. The maximum Gasteiger partial charge on any atom is 0.278 e. The molecule has 1 N–H and O–H groups in total. The van der Waals surface area contributed by atoms with Gasteiger partial charge in [-0.15, -0.1) is 0 Å². The molecule has 2 heterocycles. The number of nitrogens with one attached hydrogen (secondary N) is 1. The summed E-state index contributed by atoms with van der Waals surface area (Å²) in [6.45, 7) is 1.82. The Hall–Kier alpha value is -3.02. The van der Waals surface area contributed by atoms with E-state index in [1.54, 1.807) is 43.5 Å². The van der Waals surface area contributed by atoms with Crippen molar-refractivity contribution in [1.29, 1.82) is 0 Å². The van der Waals surface area contributed by atoms with Gasteiger partial charge in [-0.05, 0) is 31.2 Å². The van der Waals surface area contributed by atoms with E-state index in [0.717, 1.165) is 5.76 Å². The van der Waals surface area contributed by atoms with E-state index in [0.29, 0.717) is 23.0 Å². The van der Waals surface area contributed by atoms with Crippen LogP contribution in [-0.4, -0.2) is 18.0 Å². The van der Waals surface area contributed by atoms with Gasteiger partial charge in [-0.2, -0.15) is 0 Å². The Bertz CT molecular complexity index is 804. The van der Waals surface area contributed by atoms with E-state index in [1.165, 1.54) is 6.39 Å². The highest BCUT2D eigenvalue weighted by atomic mass is 16.5. The van der Waals surface area contributed by atoms with Crippen LogP contribution in [0.5, 0.6) is 5.75 Å². The highest BCUT2D eigenvalue weighted by Crippen LogP contribution is 2.26. The molecule has 3 aromatic rings. The molecular formula is C16H14N2O4. The molecular weight excluding hydrogens is 284 g/mol. The molecule has 6 nitrogen and oxygen atoms in total. The van der Waals surface area contributed by atoms with E-state index in [4.69, 9.17) is 13.6 Å². The first-order chi connectivity index (χ1) is 10.7. The molecule has 0 aliphatic rings. The highest BCUT2D eigenvalue weighted by molar-refractivity contribution is 6.06. The quantitative estimate of drug-likeness (QED) is 0.797. The van der Waals surface area contributed by atoms with Crippen LogP contribution in [0.1, 0.15) is 16.2 Å². The van der Waals surface area contributed by atoms with Gasteiger partial charge < -0.3 is 18.9 Å². The summed E-state index contributed by atoms with van der Waals surface area (Å²) in [7, 11) is 1.57. The fraction of sp³-hybridized carbons (Fsp3) is 0.125. The molecule has 6 heteroatoms. The molecule has 0 unspecified atom stereocenters. The number of amides is 1. The predicted octanol–water partition coefficient (Wildman–Crippen LogP) is 3.50. The van der Waals surface area contributed by atoms with Gasteiger partial charge in [0.05, 0.1) is 7.11 Å². The molecule has 0 aliphatic heterocycles. The van der Waals surface area contributed by atoms with E-state index in [-0.39, 0.29) is 11.6 Å². The molecule has 0 radical (unpaired) electrons. The van der Waals surface area contributed by atoms with Crippen molar-refractivity contribution in [1.82, 2.24) is 4.98 Å². The lowest BCUT2D eigenvalue weighted by Gasteiger charge is -2.06. The lowest BCUT2D eigenvalue weighted by Crippen LogP contribution is -2.13. The Balaban J connectivity index is 1.85. The second-order valence-corrected chi connectivity index (χ2v) is 4.63. The zero-order valence-electron chi connectivity index (χ0n) is 12.1. The lowest BCUT2D eigenvalue weighted by atomic mass is 10.2. The number of rotatable bonds is 4. The summed E-state index contributed by atoms with van der Waals surface area (Å²) in [6, 6.07) is 10.6. The molecule has 0 bridgehead atoms. The van der Waals surface area contributed by atoms with Gasteiger partial charge in [0.15, 0.2) is 17.8 Å². The van der Waals surface area contributed by atoms with Gasteiger partial charge in [0, 0.05) is 11.8 Å². The van der Waals surface area contributed by atoms with Crippen LogP contribution < -0.4 is 10.1 Å². The molecule has 0 fully saturated rings. The summed E-state index contributed by atoms with van der Waals surface area (Å²) < 4.78 is 15.9. The molecule has 3 rings (SSSR count). The third-order valence-corrected chi connectivity index (χ3v) is 3.07. The van der Waals surface area contributed by atoms with Crippen LogP contribution >= 0.6 is 0 Å². The number of ether oxygens (including phenoxy) is 1. The van der Waals surface area contributed by atoms with Crippen molar-refractivity contribution < 1.29 is 18.4 Å². The zero-order chi connectivity index (χ0) is 15.5. The Morgan fingerprint density at radius 1 is 1.27 bits per heavy atom. The smallest absolute Gasteiger partial charge is 0.278 e. The standard InChI is InChI=1S/C16H14N2O4/c1-10-6-7-13(22-10)15-14(17-9-21-15)16(19)18-11-4-3-5-12(8-11)20-2/h3-9H,1-2H3,(H,18,19). The van der Waals surface area contributed by atoms with Crippen molar-refractivity contribution in [2.45, 2.75) is 6.92 Å². The van der Waals surface area contributed by atoms with Crippen LogP contribution in [0, 0.1) is 6.92 Å². The van der Waals surface area contributed by atoms with Gasteiger partial charge in [0.25, 0.3) is 5.91 Å². The molecule has 1 aromatic carbocycles. The topological polar surface area (TPSA) is 77.5 Å². The third-order valence-electron chi connectivity index (χ3n) is 3.07. The molecule has 0 aliphatic carbocycles. The number of carbonyl (C=O) groups is 1. The summed E-state index contributed by atoms with van der Waals surface area (Å²) in [5.74, 6) is 1.76. The second kappa shape index (κ2) is 5.77. The number of oxazole rings is 1. The molecule has 0 saturated heterocycles. The molecule has 0 atom stereocenters. The largest absolute Gasteiger partial charge is 0.497 e. The van der Waals surface area contributed by atoms with Crippen LogP contribution in [0.3, 0.4) is 0 Å². The van der Waals surface area contributed by atoms with Crippen LogP contribution in [-0.2, 0) is 0 Å². The number of methoxy groups -OCH3 is 1. The normalized spacial score (nSPS) is 10.5. The van der Waals surface area contributed by atoms with Crippen molar-refractivity contribution in [2.24, 2.45) is 0 Å². The molecule has 0 spiro atoms. The highest BCUT2D eigenvalue weighted by Gasteiger charge is 2.20. The van der Waals surface area contributed by atoms with Crippen molar-refractivity contribution in [2.75, 3.05) is 12.4 Å².